The third kappa shape index (κ3) is 3.78. The maximum absolute atomic E-state index is 5.32. The molecule has 0 bridgehead atoms. The van der Waals surface area contributed by atoms with E-state index in [2.05, 4.69) is 20.3 Å². The monoisotopic (exact) mass is 279 g/mol. The highest BCUT2D eigenvalue weighted by Crippen LogP contribution is 2.19. The van der Waals surface area contributed by atoms with Crippen molar-refractivity contribution in [1.82, 2.24) is 15.0 Å². The van der Waals surface area contributed by atoms with Gasteiger partial charge < -0.3 is 15.0 Å². The molecule has 6 nitrogen and oxygen atoms in total. The van der Waals surface area contributed by atoms with Crippen LogP contribution in [0.25, 0.3) is 0 Å². The Labute approximate surface area is 116 Å². The Balaban J connectivity index is 1.95. The Kier molecular flexibility index (Phi) is 4.51. The molecule has 7 heteroatoms. The molecule has 0 fully saturated rings. The summed E-state index contributed by atoms with van der Waals surface area (Å²) in [6.45, 7) is 3.15. The standard InChI is InChI=1S/C12H17N5OS/c1-4-18-11-5-10(14-8-15-11)13-6-9-7-19-12(16-9)17(2)3/h5,7-8H,4,6H2,1-3H3,(H,13,14,15). The zero-order chi connectivity index (χ0) is 13.7. The first kappa shape index (κ1) is 13.5. The van der Waals surface area contributed by atoms with Crippen LogP contribution in [-0.4, -0.2) is 35.7 Å². The number of ether oxygens (including phenoxy) is 1. The highest BCUT2D eigenvalue weighted by molar-refractivity contribution is 7.13. The molecule has 0 unspecified atom stereocenters. The van der Waals surface area contributed by atoms with Gasteiger partial charge in [0.15, 0.2) is 5.13 Å². The van der Waals surface area contributed by atoms with Gasteiger partial charge >= 0.3 is 0 Å². The van der Waals surface area contributed by atoms with E-state index >= 15 is 0 Å². The Bertz CT molecular complexity index is 528. The van der Waals surface area contributed by atoms with Crippen LogP contribution in [0, 0.1) is 0 Å². The molecule has 2 heterocycles. The lowest BCUT2D eigenvalue weighted by Gasteiger charge is -2.07. The number of hydrogen-bond acceptors (Lipinski definition) is 7. The fourth-order valence-corrected chi connectivity index (χ4v) is 2.19. The second kappa shape index (κ2) is 6.33. The van der Waals surface area contributed by atoms with Gasteiger partial charge in [-0.3, -0.25) is 0 Å². The van der Waals surface area contributed by atoms with Gasteiger partial charge in [0.1, 0.15) is 12.1 Å². The van der Waals surface area contributed by atoms with E-state index < -0.39 is 0 Å². The molecule has 102 valence electrons. The number of nitrogens with one attached hydrogen (secondary N) is 1. The number of thiazole rings is 1. The van der Waals surface area contributed by atoms with Crippen LogP contribution in [-0.2, 0) is 6.54 Å². The lowest BCUT2D eigenvalue weighted by Crippen LogP contribution is -2.08. The largest absolute Gasteiger partial charge is 0.478 e. The smallest absolute Gasteiger partial charge is 0.218 e. The van der Waals surface area contributed by atoms with Gasteiger partial charge in [0.2, 0.25) is 5.88 Å². The third-order valence-electron chi connectivity index (χ3n) is 2.31. The van der Waals surface area contributed by atoms with Crippen molar-refractivity contribution >= 4 is 22.3 Å². The van der Waals surface area contributed by atoms with E-state index in [1.54, 1.807) is 17.4 Å². The molecule has 0 aliphatic rings. The van der Waals surface area contributed by atoms with Gasteiger partial charge in [-0.15, -0.1) is 11.3 Å². The normalized spacial score (nSPS) is 10.3. The van der Waals surface area contributed by atoms with Gasteiger partial charge in [0.05, 0.1) is 18.8 Å². The van der Waals surface area contributed by atoms with Gasteiger partial charge in [-0.1, -0.05) is 0 Å². The summed E-state index contributed by atoms with van der Waals surface area (Å²) in [6, 6.07) is 1.78. The van der Waals surface area contributed by atoms with Crippen LogP contribution in [0.3, 0.4) is 0 Å². The second-order valence-corrected chi connectivity index (χ2v) is 4.88. The molecule has 0 amide bonds. The number of aromatic nitrogens is 3. The summed E-state index contributed by atoms with van der Waals surface area (Å²) in [5, 5.41) is 6.24. The minimum Gasteiger partial charge on any atom is -0.478 e. The molecular weight excluding hydrogens is 262 g/mol. The Morgan fingerprint density at radius 3 is 2.89 bits per heavy atom. The Morgan fingerprint density at radius 1 is 1.37 bits per heavy atom. The average Bonchev–Trinajstić information content (AvgIpc) is 2.86. The van der Waals surface area contributed by atoms with E-state index in [1.807, 2.05) is 31.3 Å². The quantitative estimate of drug-likeness (QED) is 0.872. The van der Waals surface area contributed by atoms with Crippen LogP contribution in [0.2, 0.25) is 0 Å². The molecule has 2 aromatic heterocycles. The molecule has 2 aromatic rings. The molecule has 0 saturated carbocycles. The fourth-order valence-electron chi connectivity index (χ4n) is 1.43. The van der Waals surface area contributed by atoms with Crippen molar-refractivity contribution in [1.29, 1.82) is 0 Å². The maximum Gasteiger partial charge on any atom is 0.218 e. The summed E-state index contributed by atoms with van der Waals surface area (Å²) in [4.78, 5) is 14.6. The molecule has 0 atom stereocenters. The summed E-state index contributed by atoms with van der Waals surface area (Å²) >= 11 is 1.62. The Hall–Kier alpha value is -1.89. The zero-order valence-corrected chi connectivity index (χ0v) is 12.1. The van der Waals surface area contributed by atoms with Crippen molar-refractivity contribution in [3.63, 3.8) is 0 Å². The molecular formula is C12H17N5OS. The molecule has 0 spiro atoms. The Morgan fingerprint density at radius 2 is 2.21 bits per heavy atom. The first-order chi connectivity index (χ1) is 9.19. The minimum absolute atomic E-state index is 0.576. The molecule has 0 aliphatic carbocycles. The van der Waals surface area contributed by atoms with Gasteiger partial charge in [-0.05, 0) is 6.92 Å². The topological polar surface area (TPSA) is 63.2 Å². The van der Waals surface area contributed by atoms with Gasteiger partial charge in [0, 0.05) is 25.5 Å². The van der Waals surface area contributed by atoms with E-state index in [-0.39, 0.29) is 0 Å². The molecule has 0 radical (unpaired) electrons. The predicted octanol–water partition coefficient (Wildman–Crippen LogP) is 2.01. The molecule has 1 N–H and O–H groups in total. The van der Waals surface area contributed by atoms with Crippen LogP contribution in [0.4, 0.5) is 10.9 Å². The van der Waals surface area contributed by atoms with Crippen LogP contribution in [0.1, 0.15) is 12.6 Å². The van der Waals surface area contributed by atoms with E-state index in [0.29, 0.717) is 19.0 Å². The zero-order valence-electron chi connectivity index (χ0n) is 11.3. The van der Waals surface area contributed by atoms with E-state index in [9.17, 15) is 0 Å². The number of rotatable bonds is 6. The maximum atomic E-state index is 5.32. The van der Waals surface area contributed by atoms with Crippen molar-refractivity contribution in [3.05, 3.63) is 23.5 Å². The second-order valence-electron chi connectivity index (χ2n) is 4.04. The van der Waals surface area contributed by atoms with Crippen molar-refractivity contribution in [2.75, 3.05) is 30.9 Å². The van der Waals surface area contributed by atoms with Crippen LogP contribution in [0.5, 0.6) is 5.88 Å². The molecule has 2 rings (SSSR count). The lowest BCUT2D eigenvalue weighted by molar-refractivity contribution is 0.326. The highest BCUT2D eigenvalue weighted by Gasteiger charge is 2.04. The first-order valence-electron chi connectivity index (χ1n) is 5.99. The molecule has 0 aliphatic heterocycles. The predicted molar refractivity (Wildman–Crippen MR) is 77.0 cm³/mol. The van der Waals surface area contributed by atoms with E-state index in [1.165, 1.54) is 6.33 Å². The number of hydrogen-bond donors (Lipinski definition) is 1. The highest BCUT2D eigenvalue weighted by atomic mass is 32.1. The summed E-state index contributed by atoms with van der Waals surface area (Å²) in [5.41, 5.74) is 0.991. The van der Waals surface area contributed by atoms with Crippen molar-refractivity contribution in [3.8, 4) is 5.88 Å². The van der Waals surface area contributed by atoms with Gasteiger partial charge in [-0.2, -0.15) is 0 Å². The summed E-state index contributed by atoms with van der Waals surface area (Å²) < 4.78 is 5.32. The minimum atomic E-state index is 0.576. The van der Waals surface area contributed by atoms with Crippen LogP contribution >= 0.6 is 11.3 Å². The SMILES string of the molecule is CCOc1cc(NCc2csc(N(C)C)n2)ncn1. The number of anilines is 2. The average molecular weight is 279 g/mol. The molecule has 0 aromatic carbocycles. The summed E-state index contributed by atoms with van der Waals surface area (Å²) in [6.07, 6.45) is 1.49. The van der Waals surface area contributed by atoms with Crippen LogP contribution < -0.4 is 15.0 Å². The summed E-state index contributed by atoms with van der Waals surface area (Å²) in [7, 11) is 3.96. The molecule has 0 saturated heterocycles. The van der Waals surface area contributed by atoms with Gasteiger partial charge in [-0.25, -0.2) is 15.0 Å². The van der Waals surface area contributed by atoms with Crippen molar-refractivity contribution < 1.29 is 4.74 Å². The van der Waals surface area contributed by atoms with E-state index in [4.69, 9.17) is 4.74 Å². The molecule has 19 heavy (non-hydrogen) atoms. The first-order valence-corrected chi connectivity index (χ1v) is 6.87. The third-order valence-corrected chi connectivity index (χ3v) is 3.36. The van der Waals surface area contributed by atoms with Crippen LogP contribution in [0.15, 0.2) is 17.8 Å². The van der Waals surface area contributed by atoms with Crippen molar-refractivity contribution in [2.45, 2.75) is 13.5 Å². The number of nitrogens with zero attached hydrogens (tertiary/aromatic N) is 4. The van der Waals surface area contributed by atoms with E-state index in [0.717, 1.165) is 16.6 Å². The van der Waals surface area contributed by atoms with Crippen molar-refractivity contribution in [2.24, 2.45) is 0 Å². The van der Waals surface area contributed by atoms with Gasteiger partial charge in [0.25, 0.3) is 0 Å². The summed E-state index contributed by atoms with van der Waals surface area (Å²) in [5.74, 6) is 1.31. The fraction of sp³-hybridized carbons (Fsp3) is 0.417. The lowest BCUT2D eigenvalue weighted by atomic mass is 10.4.